The summed E-state index contributed by atoms with van der Waals surface area (Å²) in [6.07, 6.45) is 0. The monoisotopic (exact) mass is 493 g/mol. The summed E-state index contributed by atoms with van der Waals surface area (Å²) in [4.78, 5) is 26.2. The van der Waals surface area contributed by atoms with Gasteiger partial charge in [-0.05, 0) is 47.2 Å². The van der Waals surface area contributed by atoms with Crippen molar-refractivity contribution in [3.63, 3.8) is 0 Å². The van der Waals surface area contributed by atoms with Crippen LogP contribution in [0.15, 0.2) is 83.3 Å². The number of carbonyl (C=O) groups is 1. The molecule has 0 aliphatic carbocycles. The lowest BCUT2D eigenvalue weighted by Crippen LogP contribution is -2.48. The first-order valence-corrected chi connectivity index (χ1v) is 12.4. The molecule has 0 spiro atoms. The number of piperazine rings is 1. The van der Waals surface area contributed by atoms with Gasteiger partial charge in [0.05, 0.1) is 12.1 Å². The minimum atomic E-state index is -0.109. The van der Waals surface area contributed by atoms with Gasteiger partial charge in [-0.25, -0.2) is 9.97 Å². The SMILES string of the molecule is Nc1nc(CN2CCN(C(=O)c3ccc(COc4ccc5ccccc5c4)o3)CC2)nc2ccccc12. The number of anilines is 1. The largest absolute Gasteiger partial charge is 0.486 e. The summed E-state index contributed by atoms with van der Waals surface area (Å²) in [5.74, 6) is 2.78. The van der Waals surface area contributed by atoms with Crippen LogP contribution in [0.1, 0.15) is 22.1 Å². The van der Waals surface area contributed by atoms with Gasteiger partial charge in [0.25, 0.3) is 5.91 Å². The summed E-state index contributed by atoms with van der Waals surface area (Å²) >= 11 is 0. The highest BCUT2D eigenvalue weighted by Gasteiger charge is 2.25. The van der Waals surface area contributed by atoms with E-state index in [9.17, 15) is 4.79 Å². The van der Waals surface area contributed by atoms with Crippen molar-refractivity contribution in [3.05, 3.63) is 96.2 Å². The van der Waals surface area contributed by atoms with Crippen LogP contribution in [0.25, 0.3) is 21.7 Å². The number of hydrogen-bond donors (Lipinski definition) is 1. The fourth-order valence-corrected chi connectivity index (χ4v) is 4.67. The molecule has 37 heavy (non-hydrogen) atoms. The molecule has 2 aromatic heterocycles. The van der Waals surface area contributed by atoms with Crippen LogP contribution in [0.5, 0.6) is 5.75 Å². The van der Waals surface area contributed by atoms with Crippen molar-refractivity contribution >= 4 is 33.4 Å². The molecule has 0 saturated carbocycles. The number of nitrogen functional groups attached to an aromatic ring is 1. The first-order chi connectivity index (χ1) is 18.1. The van der Waals surface area contributed by atoms with E-state index in [0.717, 1.165) is 40.5 Å². The molecule has 0 bridgehead atoms. The Labute approximate surface area is 214 Å². The average Bonchev–Trinajstić information content (AvgIpc) is 3.41. The van der Waals surface area contributed by atoms with Gasteiger partial charge < -0.3 is 19.8 Å². The number of fused-ring (bicyclic) bond motifs is 2. The number of amides is 1. The Morgan fingerprint density at radius 1 is 0.892 bits per heavy atom. The number of nitrogens with zero attached hydrogens (tertiary/aromatic N) is 4. The number of nitrogens with two attached hydrogens (primary N) is 1. The maximum absolute atomic E-state index is 13.0. The number of hydrogen-bond acceptors (Lipinski definition) is 7. The first kappa shape index (κ1) is 23.0. The second kappa shape index (κ2) is 9.91. The number of para-hydroxylation sites is 1. The van der Waals surface area contributed by atoms with E-state index in [0.29, 0.717) is 42.8 Å². The molecule has 8 heteroatoms. The van der Waals surface area contributed by atoms with Crippen molar-refractivity contribution in [1.29, 1.82) is 0 Å². The molecule has 3 heterocycles. The number of rotatable bonds is 6. The molecule has 0 unspecified atom stereocenters. The predicted molar refractivity (Wildman–Crippen MR) is 142 cm³/mol. The molecule has 6 rings (SSSR count). The lowest BCUT2D eigenvalue weighted by atomic mass is 10.1. The van der Waals surface area contributed by atoms with E-state index >= 15 is 0 Å². The lowest BCUT2D eigenvalue weighted by molar-refractivity contribution is 0.0591. The summed E-state index contributed by atoms with van der Waals surface area (Å²) in [5.41, 5.74) is 6.97. The zero-order valence-electron chi connectivity index (χ0n) is 20.3. The lowest BCUT2D eigenvalue weighted by Gasteiger charge is -2.33. The Kier molecular flexibility index (Phi) is 6.16. The van der Waals surface area contributed by atoms with Gasteiger partial charge in [0.15, 0.2) is 5.76 Å². The van der Waals surface area contributed by atoms with Crippen LogP contribution in [0.2, 0.25) is 0 Å². The van der Waals surface area contributed by atoms with Crippen LogP contribution in [-0.4, -0.2) is 51.9 Å². The first-order valence-electron chi connectivity index (χ1n) is 12.4. The number of ether oxygens (including phenoxy) is 1. The van der Waals surface area contributed by atoms with Gasteiger partial charge in [-0.3, -0.25) is 9.69 Å². The topological polar surface area (TPSA) is 97.7 Å². The third kappa shape index (κ3) is 4.96. The molecule has 1 aliphatic rings. The van der Waals surface area contributed by atoms with E-state index in [1.165, 1.54) is 0 Å². The molecule has 5 aromatic rings. The van der Waals surface area contributed by atoms with Gasteiger partial charge >= 0.3 is 0 Å². The van der Waals surface area contributed by atoms with Crippen LogP contribution in [0.4, 0.5) is 5.82 Å². The van der Waals surface area contributed by atoms with Gasteiger partial charge in [-0.15, -0.1) is 0 Å². The zero-order chi connectivity index (χ0) is 25.2. The Balaban J connectivity index is 1.03. The molecule has 3 aromatic carbocycles. The summed E-state index contributed by atoms with van der Waals surface area (Å²) in [7, 11) is 0. The molecule has 0 radical (unpaired) electrons. The predicted octanol–water partition coefficient (Wildman–Crippen LogP) is 4.50. The molecule has 1 fully saturated rings. The van der Waals surface area contributed by atoms with Crippen LogP contribution >= 0.6 is 0 Å². The van der Waals surface area contributed by atoms with E-state index in [1.807, 2.05) is 59.5 Å². The van der Waals surface area contributed by atoms with Gasteiger partial charge in [-0.1, -0.05) is 42.5 Å². The highest BCUT2D eigenvalue weighted by atomic mass is 16.5. The molecule has 2 N–H and O–H groups in total. The smallest absolute Gasteiger partial charge is 0.289 e. The van der Waals surface area contributed by atoms with Crippen molar-refractivity contribution in [2.75, 3.05) is 31.9 Å². The maximum atomic E-state index is 13.0. The average molecular weight is 494 g/mol. The number of benzene rings is 3. The standard InChI is InChI=1S/C29H27N5O3/c30-28-24-7-3-4-8-25(24)31-27(32-28)18-33-13-15-34(16-14-33)29(35)26-12-11-23(37-26)19-36-22-10-9-20-5-1-2-6-21(20)17-22/h1-12,17H,13-16,18-19H2,(H2,30,31,32). The highest BCUT2D eigenvalue weighted by Crippen LogP contribution is 2.22. The Morgan fingerprint density at radius 2 is 1.68 bits per heavy atom. The van der Waals surface area contributed by atoms with Crippen LogP contribution < -0.4 is 10.5 Å². The van der Waals surface area contributed by atoms with Crippen LogP contribution in [0, 0.1) is 0 Å². The molecule has 8 nitrogen and oxygen atoms in total. The Hall–Kier alpha value is -4.43. The summed E-state index contributed by atoms with van der Waals surface area (Å²) in [6, 6.07) is 25.4. The van der Waals surface area contributed by atoms with Crippen molar-refractivity contribution in [3.8, 4) is 5.75 Å². The molecule has 186 valence electrons. The third-order valence-electron chi connectivity index (χ3n) is 6.68. The van der Waals surface area contributed by atoms with E-state index in [-0.39, 0.29) is 12.5 Å². The van der Waals surface area contributed by atoms with Crippen molar-refractivity contribution in [2.45, 2.75) is 13.2 Å². The van der Waals surface area contributed by atoms with Gasteiger partial charge in [-0.2, -0.15) is 0 Å². The Morgan fingerprint density at radius 3 is 2.54 bits per heavy atom. The van der Waals surface area contributed by atoms with Crippen molar-refractivity contribution < 1.29 is 13.9 Å². The van der Waals surface area contributed by atoms with E-state index in [4.69, 9.17) is 14.9 Å². The van der Waals surface area contributed by atoms with E-state index in [1.54, 1.807) is 12.1 Å². The number of aromatic nitrogens is 2. The van der Waals surface area contributed by atoms with Crippen molar-refractivity contribution in [1.82, 2.24) is 19.8 Å². The summed E-state index contributed by atoms with van der Waals surface area (Å²) in [5, 5.41) is 3.14. The minimum absolute atomic E-state index is 0.109. The highest BCUT2D eigenvalue weighted by molar-refractivity contribution is 5.91. The van der Waals surface area contributed by atoms with Crippen LogP contribution in [-0.2, 0) is 13.2 Å². The second-order valence-electron chi connectivity index (χ2n) is 9.17. The molecule has 0 atom stereocenters. The molecular formula is C29H27N5O3. The normalized spacial score (nSPS) is 14.3. The fourth-order valence-electron chi connectivity index (χ4n) is 4.67. The quantitative estimate of drug-likeness (QED) is 0.372. The molecule has 1 amide bonds. The number of furan rings is 1. The molecular weight excluding hydrogens is 466 g/mol. The van der Waals surface area contributed by atoms with Gasteiger partial charge in [0.1, 0.15) is 29.8 Å². The maximum Gasteiger partial charge on any atom is 0.289 e. The van der Waals surface area contributed by atoms with Crippen LogP contribution in [0.3, 0.4) is 0 Å². The van der Waals surface area contributed by atoms with Crippen molar-refractivity contribution in [2.24, 2.45) is 0 Å². The van der Waals surface area contributed by atoms with E-state index in [2.05, 4.69) is 27.0 Å². The molecule has 1 saturated heterocycles. The minimum Gasteiger partial charge on any atom is -0.486 e. The van der Waals surface area contributed by atoms with E-state index < -0.39 is 0 Å². The van der Waals surface area contributed by atoms with Gasteiger partial charge in [0.2, 0.25) is 0 Å². The summed E-state index contributed by atoms with van der Waals surface area (Å²) < 4.78 is 11.7. The fraction of sp³-hybridized carbons (Fsp3) is 0.207. The summed E-state index contributed by atoms with van der Waals surface area (Å²) in [6.45, 7) is 3.50. The molecule has 1 aliphatic heterocycles. The van der Waals surface area contributed by atoms with Gasteiger partial charge in [0, 0.05) is 31.6 Å². The third-order valence-corrected chi connectivity index (χ3v) is 6.68. The second-order valence-corrected chi connectivity index (χ2v) is 9.17. The number of carbonyl (C=O) groups excluding carboxylic acids is 1. The Bertz CT molecular complexity index is 1570. The zero-order valence-corrected chi connectivity index (χ0v) is 20.3.